The summed E-state index contributed by atoms with van der Waals surface area (Å²) in [6.07, 6.45) is 0. The largest absolute Gasteiger partial charge is 0.250 e. The Bertz CT molecular complexity index is 1800. The number of pyridine rings is 1. The fraction of sp³-hybridized carbons (Fsp3) is 0.0556. The lowest BCUT2D eigenvalue weighted by molar-refractivity contribution is 0.746. The van der Waals surface area contributed by atoms with Gasteiger partial charge in [-0.1, -0.05) is 127 Å². The Balaban J connectivity index is 1.55. The van der Waals surface area contributed by atoms with Crippen LogP contribution in [0, 0.1) is 0 Å². The number of rotatable bonds is 5. The van der Waals surface area contributed by atoms with E-state index in [-0.39, 0.29) is 0 Å². The highest BCUT2D eigenvalue weighted by Crippen LogP contribution is 2.45. The third-order valence-electron chi connectivity index (χ3n) is 7.71. The highest BCUT2D eigenvalue weighted by Gasteiger charge is 2.38. The number of aryl methyl sites for hydroxylation is 1. The lowest BCUT2D eigenvalue weighted by atomic mass is 9.65. The Morgan fingerprint density at radius 2 is 1.05 bits per heavy atom. The second kappa shape index (κ2) is 9.38. The number of hydrogen-bond acceptors (Lipinski definition) is 2. The first-order valence-corrected chi connectivity index (χ1v) is 13.2. The van der Waals surface area contributed by atoms with Crippen LogP contribution in [0.2, 0.25) is 0 Å². The first kappa shape index (κ1) is 23.1. The Morgan fingerprint density at radius 1 is 0.538 bits per heavy atom. The molecule has 7 rings (SSSR count). The zero-order chi connectivity index (χ0) is 26.2. The molecule has 2 aromatic heterocycles. The molecular formula is C36H27N3. The standard InChI is InChI=1S/C36H27N3/c1-39-35-32(34(38-39)26-14-6-2-7-15-26)25-27-24-31(22-23-33(27)37-35)36(28-16-8-3-9-17-28,29-18-10-4-11-19-29)30-20-12-5-13-21-30/h2-25H,1H3. The van der Waals surface area contributed by atoms with Gasteiger partial charge in [-0.15, -0.1) is 0 Å². The molecule has 0 N–H and O–H groups in total. The van der Waals surface area contributed by atoms with Crippen molar-refractivity contribution in [1.82, 2.24) is 14.8 Å². The summed E-state index contributed by atoms with van der Waals surface area (Å²) >= 11 is 0. The molecule has 39 heavy (non-hydrogen) atoms. The molecule has 0 fully saturated rings. The fourth-order valence-corrected chi connectivity index (χ4v) is 5.95. The summed E-state index contributed by atoms with van der Waals surface area (Å²) in [4.78, 5) is 5.07. The topological polar surface area (TPSA) is 30.7 Å². The predicted molar refractivity (Wildman–Crippen MR) is 160 cm³/mol. The highest BCUT2D eigenvalue weighted by atomic mass is 15.3. The van der Waals surface area contributed by atoms with Crippen LogP contribution >= 0.6 is 0 Å². The van der Waals surface area contributed by atoms with Crippen molar-refractivity contribution in [2.75, 3.05) is 0 Å². The van der Waals surface area contributed by atoms with Crippen LogP contribution in [0.5, 0.6) is 0 Å². The normalized spacial score (nSPS) is 11.7. The molecule has 0 unspecified atom stereocenters. The van der Waals surface area contributed by atoms with Crippen molar-refractivity contribution < 1.29 is 0 Å². The van der Waals surface area contributed by atoms with E-state index in [2.05, 4.69) is 140 Å². The SMILES string of the molecule is Cn1nc(-c2ccccc2)c2cc3cc(C(c4ccccc4)(c4ccccc4)c4ccccc4)ccc3nc21. The minimum absolute atomic E-state index is 0.496. The molecule has 0 atom stereocenters. The average Bonchev–Trinajstić information content (AvgIpc) is 3.33. The number of fused-ring (bicyclic) bond motifs is 2. The summed E-state index contributed by atoms with van der Waals surface area (Å²) in [7, 11) is 1.97. The van der Waals surface area contributed by atoms with Crippen LogP contribution in [-0.2, 0) is 12.5 Å². The maximum atomic E-state index is 5.07. The summed E-state index contributed by atoms with van der Waals surface area (Å²) in [5.41, 5.74) is 8.26. The predicted octanol–water partition coefficient (Wildman–Crippen LogP) is 8.17. The summed E-state index contributed by atoms with van der Waals surface area (Å²) < 4.78 is 1.88. The van der Waals surface area contributed by atoms with E-state index in [4.69, 9.17) is 10.1 Å². The van der Waals surface area contributed by atoms with Crippen molar-refractivity contribution in [2.45, 2.75) is 5.41 Å². The molecule has 0 saturated heterocycles. The quantitative estimate of drug-likeness (QED) is 0.223. The van der Waals surface area contributed by atoms with E-state index >= 15 is 0 Å². The van der Waals surface area contributed by atoms with Gasteiger partial charge in [-0.05, 0) is 40.5 Å². The number of aromatic nitrogens is 3. The molecule has 186 valence electrons. The first-order valence-electron chi connectivity index (χ1n) is 13.2. The molecule has 5 aromatic carbocycles. The van der Waals surface area contributed by atoms with Crippen molar-refractivity contribution in [1.29, 1.82) is 0 Å². The van der Waals surface area contributed by atoms with E-state index < -0.39 is 5.41 Å². The van der Waals surface area contributed by atoms with Crippen LogP contribution in [0.4, 0.5) is 0 Å². The molecule has 0 bridgehead atoms. The van der Waals surface area contributed by atoms with Gasteiger partial charge in [0.2, 0.25) is 0 Å². The Morgan fingerprint density at radius 3 is 1.59 bits per heavy atom. The lowest BCUT2D eigenvalue weighted by Gasteiger charge is -2.37. The molecule has 3 heteroatoms. The molecular weight excluding hydrogens is 474 g/mol. The van der Waals surface area contributed by atoms with Crippen molar-refractivity contribution >= 4 is 21.9 Å². The number of benzene rings is 5. The van der Waals surface area contributed by atoms with Crippen LogP contribution in [0.25, 0.3) is 33.2 Å². The summed E-state index contributed by atoms with van der Waals surface area (Å²) in [5, 5.41) is 7.00. The van der Waals surface area contributed by atoms with Crippen molar-refractivity contribution in [3.63, 3.8) is 0 Å². The van der Waals surface area contributed by atoms with Crippen molar-refractivity contribution in [3.8, 4) is 11.3 Å². The van der Waals surface area contributed by atoms with Crippen LogP contribution < -0.4 is 0 Å². The second-order valence-electron chi connectivity index (χ2n) is 9.95. The maximum absolute atomic E-state index is 5.07. The van der Waals surface area contributed by atoms with Gasteiger partial charge in [0.1, 0.15) is 5.69 Å². The fourth-order valence-electron chi connectivity index (χ4n) is 5.95. The average molecular weight is 502 g/mol. The smallest absolute Gasteiger partial charge is 0.158 e. The minimum atomic E-state index is -0.496. The molecule has 3 nitrogen and oxygen atoms in total. The zero-order valence-corrected chi connectivity index (χ0v) is 21.7. The zero-order valence-electron chi connectivity index (χ0n) is 21.7. The number of hydrogen-bond donors (Lipinski definition) is 0. The van der Waals surface area contributed by atoms with Crippen molar-refractivity contribution in [2.24, 2.45) is 7.05 Å². The molecule has 7 aromatic rings. The monoisotopic (exact) mass is 501 g/mol. The molecule has 0 saturated carbocycles. The molecule has 0 aliphatic carbocycles. The third-order valence-corrected chi connectivity index (χ3v) is 7.71. The van der Waals surface area contributed by atoms with Crippen LogP contribution in [-0.4, -0.2) is 14.8 Å². The molecule has 0 amide bonds. The van der Waals surface area contributed by atoms with E-state index in [9.17, 15) is 0 Å². The summed E-state index contributed by atoms with van der Waals surface area (Å²) in [6.45, 7) is 0. The molecule has 0 radical (unpaired) electrons. The Hall–Kier alpha value is -5.02. The van der Waals surface area contributed by atoms with E-state index in [0.717, 1.165) is 33.2 Å². The van der Waals surface area contributed by atoms with E-state index in [1.807, 2.05) is 17.8 Å². The Labute approximate surface area is 228 Å². The van der Waals surface area contributed by atoms with Gasteiger partial charge in [-0.3, -0.25) is 0 Å². The van der Waals surface area contributed by atoms with Crippen LogP contribution in [0.3, 0.4) is 0 Å². The van der Waals surface area contributed by atoms with Gasteiger partial charge in [0.25, 0.3) is 0 Å². The van der Waals surface area contributed by atoms with Gasteiger partial charge in [0, 0.05) is 23.4 Å². The second-order valence-corrected chi connectivity index (χ2v) is 9.95. The van der Waals surface area contributed by atoms with Gasteiger partial charge in [-0.2, -0.15) is 5.10 Å². The third kappa shape index (κ3) is 3.74. The van der Waals surface area contributed by atoms with Crippen LogP contribution in [0.1, 0.15) is 22.3 Å². The molecule has 0 aliphatic rings. The molecule has 0 aliphatic heterocycles. The summed E-state index contributed by atoms with van der Waals surface area (Å²) in [5.74, 6) is 0. The van der Waals surface area contributed by atoms with E-state index in [0.29, 0.717) is 0 Å². The lowest BCUT2D eigenvalue weighted by Crippen LogP contribution is -2.30. The number of nitrogens with zero attached hydrogens (tertiary/aromatic N) is 3. The Kier molecular flexibility index (Phi) is 5.56. The minimum Gasteiger partial charge on any atom is -0.250 e. The molecule has 0 spiro atoms. The van der Waals surface area contributed by atoms with Crippen LogP contribution in [0.15, 0.2) is 146 Å². The van der Waals surface area contributed by atoms with Gasteiger partial charge in [-0.25, -0.2) is 9.67 Å². The highest BCUT2D eigenvalue weighted by molar-refractivity contribution is 5.99. The van der Waals surface area contributed by atoms with Gasteiger partial charge in [0.05, 0.1) is 10.9 Å². The first-order chi connectivity index (χ1) is 19.2. The van der Waals surface area contributed by atoms with Gasteiger partial charge < -0.3 is 0 Å². The summed E-state index contributed by atoms with van der Waals surface area (Å²) in [6, 6.07) is 51.7. The molecule has 2 heterocycles. The van der Waals surface area contributed by atoms with Crippen molar-refractivity contribution in [3.05, 3.63) is 168 Å². The maximum Gasteiger partial charge on any atom is 0.158 e. The van der Waals surface area contributed by atoms with E-state index in [1.54, 1.807) is 0 Å². The van der Waals surface area contributed by atoms with Gasteiger partial charge >= 0.3 is 0 Å². The van der Waals surface area contributed by atoms with E-state index in [1.165, 1.54) is 22.3 Å². The van der Waals surface area contributed by atoms with Gasteiger partial charge in [0.15, 0.2) is 5.65 Å².